The normalized spacial score (nSPS) is 13.2. The van der Waals surface area contributed by atoms with Gasteiger partial charge in [0.25, 0.3) is 10.0 Å². The van der Waals surface area contributed by atoms with Crippen molar-refractivity contribution >= 4 is 62.3 Å². The fraction of sp³-hybridized carbons (Fsp3) is 0.310. The SMILES string of the molecule is CC[C@H](C)NC(=O)[C@@H](C)N(Cc1ccc(Cl)cc1Cl)C(=O)CN(c1cc(C(F)(F)F)ccc1Cl)S(=O)(=O)c1ccccc1. The molecule has 0 saturated carbocycles. The van der Waals surface area contributed by atoms with Gasteiger partial charge in [-0.2, -0.15) is 13.2 Å². The molecular weight excluding hydrogens is 650 g/mol. The maximum atomic E-state index is 14.0. The van der Waals surface area contributed by atoms with Crippen LogP contribution in [0.25, 0.3) is 0 Å². The summed E-state index contributed by atoms with van der Waals surface area (Å²) in [5.41, 5.74) is -1.33. The van der Waals surface area contributed by atoms with Gasteiger partial charge in [0.05, 0.1) is 21.2 Å². The standard InChI is InChI=1S/C29H29Cl3F3N3O4S/c1-4-18(2)36-28(40)19(3)37(16-20-10-12-22(30)15-25(20)32)27(39)17-38(43(41,42)23-8-6-5-7-9-23)26-14-21(29(33,34)35)11-13-24(26)31/h5-15,18-19H,4,16-17H2,1-3H3,(H,36,40)/t18-,19+/m0/s1. The first-order valence-corrected chi connectivity index (χ1v) is 15.6. The summed E-state index contributed by atoms with van der Waals surface area (Å²) in [6.07, 6.45) is -4.22. The lowest BCUT2D eigenvalue weighted by molar-refractivity contribution is -0.139. The quantitative estimate of drug-likeness (QED) is 0.233. The van der Waals surface area contributed by atoms with Crippen LogP contribution < -0.4 is 9.62 Å². The zero-order valence-corrected chi connectivity index (χ0v) is 26.4. The lowest BCUT2D eigenvalue weighted by Gasteiger charge is -2.33. The molecule has 0 aliphatic heterocycles. The number of anilines is 1. The third kappa shape index (κ3) is 8.56. The first kappa shape index (κ1) is 34.5. The second kappa shape index (κ2) is 14.2. The summed E-state index contributed by atoms with van der Waals surface area (Å²) in [5.74, 6) is -1.42. The van der Waals surface area contributed by atoms with Gasteiger partial charge in [0.1, 0.15) is 12.6 Å². The molecule has 0 fully saturated rings. The van der Waals surface area contributed by atoms with E-state index in [1.807, 2.05) is 6.92 Å². The van der Waals surface area contributed by atoms with E-state index in [0.29, 0.717) is 33.4 Å². The molecule has 0 saturated heterocycles. The summed E-state index contributed by atoms with van der Waals surface area (Å²) in [5, 5.41) is 2.96. The maximum Gasteiger partial charge on any atom is 0.416 e. The van der Waals surface area contributed by atoms with E-state index < -0.39 is 51.9 Å². The van der Waals surface area contributed by atoms with Gasteiger partial charge < -0.3 is 10.2 Å². The molecule has 0 heterocycles. The third-order valence-electron chi connectivity index (χ3n) is 6.68. The number of nitrogens with zero attached hydrogens (tertiary/aromatic N) is 2. The van der Waals surface area contributed by atoms with E-state index in [9.17, 15) is 31.2 Å². The summed E-state index contributed by atoms with van der Waals surface area (Å²) in [4.78, 5) is 27.9. The fourth-order valence-electron chi connectivity index (χ4n) is 3.99. The molecule has 0 aromatic heterocycles. The Hall–Kier alpha value is -2.99. The van der Waals surface area contributed by atoms with Crippen molar-refractivity contribution in [1.29, 1.82) is 0 Å². The van der Waals surface area contributed by atoms with Gasteiger partial charge in [0, 0.05) is 22.6 Å². The topological polar surface area (TPSA) is 86.8 Å². The Morgan fingerprint density at radius 2 is 1.58 bits per heavy atom. The maximum absolute atomic E-state index is 14.0. The van der Waals surface area contributed by atoms with Crippen LogP contribution in [0.1, 0.15) is 38.3 Å². The van der Waals surface area contributed by atoms with Crippen molar-refractivity contribution in [2.75, 3.05) is 10.8 Å². The molecule has 43 heavy (non-hydrogen) atoms. The first-order valence-electron chi connectivity index (χ1n) is 13.0. The second-order valence-corrected chi connectivity index (χ2v) is 12.9. The number of alkyl halides is 3. The van der Waals surface area contributed by atoms with Gasteiger partial charge in [-0.15, -0.1) is 0 Å². The molecule has 0 unspecified atom stereocenters. The predicted octanol–water partition coefficient (Wildman–Crippen LogP) is 7.19. The minimum absolute atomic E-state index is 0.189. The van der Waals surface area contributed by atoms with Crippen LogP contribution >= 0.6 is 34.8 Å². The number of nitrogens with one attached hydrogen (secondary N) is 1. The van der Waals surface area contributed by atoms with Crippen molar-refractivity contribution < 1.29 is 31.2 Å². The molecule has 1 N–H and O–H groups in total. The van der Waals surface area contributed by atoms with E-state index in [1.54, 1.807) is 19.1 Å². The number of hydrogen-bond acceptors (Lipinski definition) is 4. The largest absolute Gasteiger partial charge is 0.416 e. The van der Waals surface area contributed by atoms with Crippen molar-refractivity contribution in [2.24, 2.45) is 0 Å². The molecule has 3 rings (SSSR count). The Morgan fingerprint density at radius 3 is 2.16 bits per heavy atom. The first-order chi connectivity index (χ1) is 20.1. The Bertz CT molecular complexity index is 1570. The van der Waals surface area contributed by atoms with Gasteiger partial charge in [0.15, 0.2) is 0 Å². The third-order valence-corrected chi connectivity index (χ3v) is 9.36. The van der Waals surface area contributed by atoms with E-state index in [0.717, 1.165) is 11.0 Å². The van der Waals surface area contributed by atoms with Gasteiger partial charge in [-0.05, 0) is 68.3 Å². The van der Waals surface area contributed by atoms with Crippen LogP contribution in [0.15, 0.2) is 71.6 Å². The summed E-state index contributed by atoms with van der Waals surface area (Å²) in [6.45, 7) is 3.87. The van der Waals surface area contributed by atoms with Crippen LogP contribution in [0.5, 0.6) is 0 Å². The number of carbonyl (C=O) groups is 2. The van der Waals surface area contributed by atoms with E-state index in [1.165, 1.54) is 43.3 Å². The van der Waals surface area contributed by atoms with E-state index in [-0.39, 0.29) is 27.5 Å². The lowest BCUT2D eigenvalue weighted by Crippen LogP contribution is -2.52. The zero-order valence-electron chi connectivity index (χ0n) is 23.3. The number of amides is 2. The second-order valence-electron chi connectivity index (χ2n) is 9.74. The van der Waals surface area contributed by atoms with E-state index in [2.05, 4.69) is 5.32 Å². The molecule has 14 heteroatoms. The Morgan fingerprint density at radius 1 is 0.930 bits per heavy atom. The highest BCUT2D eigenvalue weighted by atomic mass is 35.5. The van der Waals surface area contributed by atoms with Gasteiger partial charge in [-0.3, -0.25) is 13.9 Å². The lowest BCUT2D eigenvalue weighted by atomic mass is 10.1. The molecular formula is C29H29Cl3F3N3O4S. The zero-order chi connectivity index (χ0) is 32.1. The van der Waals surface area contributed by atoms with Crippen molar-refractivity contribution in [3.8, 4) is 0 Å². The average molecular weight is 679 g/mol. The number of hydrogen-bond donors (Lipinski definition) is 1. The Kier molecular flexibility index (Phi) is 11.4. The molecule has 3 aromatic carbocycles. The molecule has 7 nitrogen and oxygen atoms in total. The minimum Gasteiger partial charge on any atom is -0.352 e. The smallest absolute Gasteiger partial charge is 0.352 e. The molecule has 0 spiro atoms. The van der Waals surface area contributed by atoms with Crippen molar-refractivity contribution in [1.82, 2.24) is 10.2 Å². The molecule has 0 bridgehead atoms. The van der Waals surface area contributed by atoms with Crippen LogP contribution in [-0.2, 0) is 32.3 Å². The van der Waals surface area contributed by atoms with Gasteiger partial charge in [-0.25, -0.2) is 8.42 Å². The van der Waals surface area contributed by atoms with Crippen LogP contribution in [0.4, 0.5) is 18.9 Å². The average Bonchev–Trinajstić information content (AvgIpc) is 2.95. The predicted molar refractivity (Wildman–Crippen MR) is 162 cm³/mol. The highest BCUT2D eigenvalue weighted by Gasteiger charge is 2.36. The van der Waals surface area contributed by atoms with Gasteiger partial charge in [0.2, 0.25) is 11.8 Å². The van der Waals surface area contributed by atoms with E-state index >= 15 is 0 Å². The van der Waals surface area contributed by atoms with Crippen molar-refractivity contribution in [3.63, 3.8) is 0 Å². The van der Waals surface area contributed by atoms with Crippen LogP contribution in [0, 0.1) is 0 Å². The summed E-state index contributed by atoms with van der Waals surface area (Å²) in [7, 11) is -4.63. The van der Waals surface area contributed by atoms with Crippen LogP contribution in [0.3, 0.4) is 0 Å². The molecule has 0 aliphatic rings. The minimum atomic E-state index is -4.83. The highest BCUT2D eigenvalue weighted by Crippen LogP contribution is 2.37. The Labute approximate surface area is 263 Å². The monoisotopic (exact) mass is 677 g/mol. The molecule has 2 atom stereocenters. The van der Waals surface area contributed by atoms with Crippen LogP contribution in [-0.4, -0.2) is 43.8 Å². The number of carbonyl (C=O) groups excluding carboxylic acids is 2. The van der Waals surface area contributed by atoms with Gasteiger partial charge in [-0.1, -0.05) is 66.0 Å². The molecule has 232 valence electrons. The highest BCUT2D eigenvalue weighted by molar-refractivity contribution is 7.92. The van der Waals surface area contributed by atoms with Crippen LogP contribution in [0.2, 0.25) is 15.1 Å². The molecule has 0 radical (unpaired) electrons. The molecule has 3 aromatic rings. The summed E-state index contributed by atoms with van der Waals surface area (Å²) >= 11 is 18.6. The Balaban J connectivity index is 2.14. The summed E-state index contributed by atoms with van der Waals surface area (Å²) in [6, 6.07) is 12.2. The van der Waals surface area contributed by atoms with Crippen molar-refractivity contribution in [3.05, 3.63) is 92.9 Å². The fourth-order valence-corrected chi connectivity index (χ4v) is 6.18. The number of halogens is 6. The van der Waals surface area contributed by atoms with Crippen molar-refractivity contribution in [2.45, 2.75) is 56.9 Å². The molecule has 0 aliphatic carbocycles. The van der Waals surface area contributed by atoms with E-state index in [4.69, 9.17) is 34.8 Å². The number of benzene rings is 3. The number of sulfonamides is 1. The van der Waals surface area contributed by atoms with Gasteiger partial charge >= 0.3 is 6.18 Å². The number of rotatable bonds is 11. The molecule has 2 amide bonds. The summed E-state index contributed by atoms with van der Waals surface area (Å²) < 4.78 is 69.2.